The fourth-order valence-electron chi connectivity index (χ4n) is 10.7. The minimum Gasteiger partial charge on any atom is -0.481 e. The number of aliphatic carboxylic acids is 1. The Balaban J connectivity index is 1.80. The molecule has 1 aliphatic heterocycles. The lowest BCUT2D eigenvalue weighted by atomic mass is 9.37. The van der Waals surface area contributed by atoms with Gasteiger partial charge in [0.15, 0.2) is 6.29 Å². The van der Waals surface area contributed by atoms with Gasteiger partial charge in [-0.25, -0.2) is 0 Å². The fourth-order valence-corrected chi connectivity index (χ4v) is 10.7. The summed E-state index contributed by atoms with van der Waals surface area (Å²) < 4.78 is 12.6. The van der Waals surface area contributed by atoms with Crippen LogP contribution in [0, 0.1) is 45.8 Å². The van der Waals surface area contributed by atoms with Crippen molar-refractivity contribution in [2.45, 2.75) is 149 Å². The maximum atomic E-state index is 12.2. The molecule has 3 saturated carbocycles. The van der Waals surface area contributed by atoms with Crippen LogP contribution in [0.3, 0.4) is 0 Å². The van der Waals surface area contributed by atoms with Crippen molar-refractivity contribution in [3.63, 3.8) is 0 Å². The molecule has 0 bridgehead atoms. The van der Waals surface area contributed by atoms with Crippen LogP contribution >= 0.6 is 0 Å². The summed E-state index contributed by atoms with van der Waals surface area (Å²) >= 11 is 0. The lowest BCUT2D eigenvalue weighted by Gasteiger charge is -2.68. The highest BCUT2D eigenvalue weighted by Crippen LogP contribution is 2.74. The van der Waals surface area contributed by atoms with Gasteiger partial charge >= 0.3 is 5.97 Å². The Labute approximate surface area is 276 Å². The molecule has 4 fully saturated rings. The first-order valence-corrected chi connectivity index (χ1v) is 17.5. The van der Waals surface area contributed by atoms with Crippen molar-refractivity contribution in [2.24, 2.45) is 45.8 Å². The predicted molar refractivity (Wildman–Crippen MR) is 176 cm³/mol. The molecule has 0 aromatic rings. The van der Waals surface area contributed by atoms with Crippen molar-refractivity contribution in [1.29, 1.82) is 0 Å². The van der Waals surface area contributed by atoms with Crippen molar-refractivity contribution in [3.8, 4) is 0 Å². The number of aliphatic hydroxyl groups excluding tert-OH is 4. The number of aliphatic hydroxyl groups is 5. The van der Waals surface area contributed by atoms with Gasteiger partial charge in [0.25, 0.3) is 0 Å². The molecule has 6 N–H and O–H groups in total. The van der Waals surface area contributed by atoms with Crippen LogP contribution in [0.5, 0.6) is 0 Å². The number of hydrogen-bond donors (Lipinski definition) is 6. The van der Waals surface area contributed by atoms with Crippen LogP contribution in [0.1, 0.15) is 106 Å². The number of hydrogen-bond acceptors (Lipinski definition) is 8. The van der Waals surface area contributed by atoms with Gasteiger partial charge in [0.1, 0.15) is 24.4 Å². The van der Waals surface area contributed by atoms with Crippen molar-refractivity contribution >= 4 is 5.97 Å². The molecule has 46 heavy (non-hydrogen) atoms. The first-order chi connectivity index (χ1) is 21.2. The molecule has 0 aromatic carbocycles. The standard InChI is InChI=1S/C37H62O9/c1-20(2)22(5)10-17-37(9,44)24-12-16-36(8)29(24)25(45-33-32(43)31(42)30(41)26(19-38)46-33)18-27-34(6,14-13-28(39)40)23(21(3)4)11-15-35(27,36)7/h20,23-27,29-33,38,41-44H,3,5,10-19H2,1-2,4,6-9H3,(H,39,40)/t23-,24-,25+,26+,27+,29+,30+,31-,32+,33+,34-,35+,36+,37-/m0/s1. The molecule has 14 atom stereocenters. The Kier molecular flexibility index (Phi) is 11.0. The van der Waals surface area contributed by atoms with E-state index in [1.54, 1.807) is 0 Å². The molecule has 3 aliphatic carbocycles. The van der Waals surface area contributed by atoms with Gasteiger partial charge in [-0.2, -0.15) is 0 Å². The Hall–Kier alpha value is -1.33. The highest BCUT2D eigenvalue weighted by atomic mass is 16.7. The van der Waals surface area contributed by atoms with Gasteiger partial charge in [-0.3, -0.25) is 4.79 Å². The SMILES string of the molecule is C=C(CC[C@](C)(O)[C@H]1CC[C@]2(C)[C@H]1[C@H](O[C@@H]1O[C@H](CO)[C@@H](O)[C@H](O)[C@H]1O)C[C@@H]1[C@@](C)(CCC(=O)O)[C@H](C(=C)C)CC[C@]12C)C(C)C. The van der Waals surface area contributed by atoms with Gasteiger partial charge in [0.05, 0.1) is 18.3 Å². The summed E-state index contributed by atoms with van der Waals surface area (Å²) in [5.41, 5.74) is 0.227. The second-order valence-electron chi connectivity index (χ2n) is 16.7. The number of rotatable bonds is 12. The lowest BCUT2D eigenvalue weighted by molar-refractivity contribution is -0.332. The number of ether oxygens (including phenoxy) is 2. The number of allylic oxidation sites excluding steroid dienone is 2. The summed E-state index contributed by atoms with van der Waals surface area (Å²) in [6.45, 7) is 23.1. The van der Waals surface area contributed by atoms with E-state index in [0.717, 1.165) is 36.8 Å². The molecule has 1 heterocycles. The maximum Gasteiger partial charge on any atom is 0.303 e. The van der Waals surface area contributed by atoms with E-state index in [4.69, 9.17) is 9.47 Å². The highest BCUT2D eigenvalue weighted by Gasteiger charge is 2.70. The molecule has 1 saturated heterocycles. The highest BCUT2D eigenvalue weighted by molar-refractivity contribution is 5.66. The van der Waals surface area contributed by atoms with E-state index in [-0.39, 0.29) is 40.9 Å². The lowest BCUT2D eigenvalue weighted by Crippen LogP contribution is -2.65. The zero-order valence-corrected chi connectivity index (χ0v) is 29.2. The number of fused-ring (bicyclic) bond motifs is 3. The zero-order chi connectivity index (χ0) is 34.6. The summed E-state index contributed by atoms with van der Waals surface area (Å²) in [6, 6.07) is 0. The largest absolute Gasteiger partial charge is 0.481 e. The first-order valence-electron chi connectivity index (χ1n) is 17.5. The Bertz CT molecular complexity index is 1130. The van der Waals surface area contributed by atoms with Crippen LogP contribution in [0.15, 0.2) is 24.3 Å². The third-order valence-electron chi connectivity index (χ3n) is 13.8. The molecule has 0 aromatic heterocycles. The number of carboxylic acids is 1. The average molecular weight is 651 g/mol. The van der Waals surface area contributed by atoms with E-state index in [9.17, 15) is 35.4 Å². The maximum absolute atomic E-state index is 12.2. The van der Waals surface area contributed by atoms with Crippen LogP contribution in [0.25, 0.3) is 0 Å². The van der Waals surface area contributed by atoms with Crippen molar-refractivity contribution in [3.05, 3.63) is 24.3 Å². The second-order valence-corrected chi connectivity index (χ2v) is 16.7. The van der Waals surface area contributed by atoms with Gasteiger partial charge in [0, 0.05) is 6.42 Å². The van der Waals surface area contributed by atoms with Crippen molar-refractivity contribution in [1.82, 2.24) is 0 Å². The van der Waals surface area contributed by atoms with E-state index in [1.165, 1.54) is 0 Å². The summed E-state index contributed by atoms with van der Waals surface area (Å²) in [4.78, 5) is 11.9. The quantitative estimate of drug-likeness (QED) is 0.129. The molecular formula is C37H62O9. The van der Waals surface area contributed by atoms with E-state index in [0.29, 0.717) is 31.6 Å². The molecule has 9 heteroatoms. The van der Waals surface area contributed by atoms with Gasteiger partial charge in [-0.1, -0.05) is 58.9 Å². The molecule has 0 spiro atoms. The van der Waals surface area contributed by atoms with Gasteiger partial charge in [-0.05, 0) is 111 Å². The third-order valence-corrected chi connectivity index (χ3v) is 13.8. The Morgan fingerprint density at radius 1 is 1.02 bits per heavy atom. The van der Waals surface area contributed by atoms with E-state index < -0.39 is 60.4 Å². The third kappa shape index (κ3) is 6.39. The predicted octanol–water partition coefficient (Wildman–Crippen LogP) is 4.83. The van der Waals surface area contributed by atoms with Gasteiger partial charge < -0.3 is 40.1 Å². The summed E-state index contributed by atoms with van der Waals surface area (Å²) in [5, 5.41) is 64.0. The smallest absolute Gasteiger partial charge is 0.303 e. The van der Waals surface area contributed by atoms with E-state index in [1.807, 2.05) is 13.8 Å². The van der Waals surface area contributed by atoms with Crippen LogP contribution in [0.2, 0.25) is 0 Å². The van der Waals surface area contributed by atoms with Crippen LogP contribution in [-0.2, 0) is 14.3 Å². The summed E-state index contributed by atoms with van der Waals surface area (Å²) in [5.74, 6) is -0.616. The molecule has 264 valence electrons. The Morgan fingerprint density at radius 2 is 1.65 bits per heavy atom. The number of carbonyl (C=O) groups is 1. The van der Waals surface area contributed by atoms with E-state index in [2.05, 4.69) is 47.8 Å². The van der Waals surface area contributed by atoms with Crippen molar-refractivity contribution < 1.29 is 44.9 Å². The normalized spacial score (nSPS) is 45.5. The Morgan fingerprint density at radius 3 is 2.22 bits per heavy atom. The van der Waals surface area contributed by atoms with Crippen LogP contribution in [-0.4, -0.2) is 85.6 Å². The molecule has 0 unspecified atom stereocenters. The minimum atomic E-state index is -1.57. The topological polar surface area (TPSA) is 157 Å². The minimum absolute atomic E-state index is 0.0374. The summed E-state index contributed by atoms with van der Waals surface area (Å²) in [6.07, 6.45) is -1.67. The zero-order valence-electron chi connectivity index (χ0n) is 29.2. The molecule has 4 rings (SSSR count). The monoisotopic (exact) mass is 650 g/mol. The summed E-state index contributed by atoms with van der Waals surface area (Å²) in [7, 11) is 0. The van der Waals surface area contributed by atoms with Gasteiger partial charge in [-0.15, -0.1) is 0 Å². The average Bonchev–Trinajstić information content (AvgIpc) is 3.36. The molecule has 0 radical (unpaired) electrons. The van der Waals surface area contributed by atoms with Crippen LogP contribution < -0.4 is 0 Å². The molecule has 9 nitrogen and oxygen atoms in total. The number of carboxylic acid groups (broad SMARTS) is 1. The van der Waals surface area contributed by atoms with Crippen LogP contribution in [0.4, 0.5) is 0 Å². The molecule has 4 aliphatic rings. The van der Waals surface area contributed by atoms with Gasteiger partial charge in [0.2, 0.25) is 0 Å². The first kappa shape index (κ1) is 37.5. The fraction of sp³-hybridized carbons (Fsp3) is 0.865. The molecular weight excluding hydrogens is 588 g/mol. The van der Waals surface area contributed by atoms with Crippen molar-refractivity contribution in [2.75, 3.05) is 6.61 Å². The molecule has 0 amide bonds. The van der Waals surface area contributed by atoms with E-state index >= 15 is 0 Å². The second kappa shape index (κ2) is 13.5.